The van der Waals surface area contributed by atoms with Gasteiger partial charge in [-0.15, -0.1) is 0 Å². The van der Waals surface area contributed by atoms with Gasteiger partial charge in [-0.25, -0.2) is 4.39 Å². The summed E-state index contributed by atoms with van der Waals surface area (Å²) in [6, 6.07) is 3.62. The summed E-state index contributed by atoms with van der Waals surface area (Å²) >= 11 is 0. The standard InChI is InChI=1S/C17H25FN2O/c1-4-17(5-7-19-8-6-17)16(21)20-11-14-9-12(2)15(18)13(3)10-14/h9-10,19H,4-8,11H2,1-3H3,(H,20,21). The molecule has 1 aliphatic heterocycles. The van der Waals surface area contributed by atoms with Gasteiger partial charge >= 0.3 is 0 Å². The number of halogens is 1. The van der Waals surface area contributed by atoms with E-state index < -0.39 is 0 Å². The molecule has 21 heavy (non-hydrogen) atoms. The highest BCUT2D eigenvalue weighted by atomic mass is 19.1. The van der Waals surface area contributed by atoms with Gasteiger partial charge < -0.3 is 10.6 Å². The molecule has 1 aromatic carbocycles. The van der Waals surface area contributed by atoms with Gasteiger partial charge in [0.1, 0.15) is 5.82 Å². The molecule has 0 bridgehead atoms. The van der Waals surface area contributed by atoms with Gasteiger partial charge in [-0.1, -0.05) is 19.1 Å². The molecule has 0 aliphatic carbocycles. The van der Waals surface area contributed by atoms with Crippen LogP contribution >= 0.6 is 0 Å². The second kappa shape index (κ2) is 6.56. The molecule has 1 saturated heterocycles. The Bertz CT molecular complexity index is 499. The average Bonchev–Trinajstić information content (AvgIpc) is 2.50. The predicted octanol–water partition coefficient (Wildman–Crippen LogP) is 2.84. The Labute approximate surface area is 126 Å². The lowest BCUT2D eigenvalue weighted by molar-refractivity contribution is -0.133. The number of piperidine rings is 1. The maximum absolute atomic E-state index is 13.6. The van der Waals surface area contributed by atoms with Crippen LogP contribution in [0.5, 0.6) is 0 Å². The molecule has 1 fully saturated rings. The average molecular weight is 292 g/mol. The van der Waals surface area contributed by atoms with Crippen LogP contribution in [-0.2, 0) is 11.3 Å². The molecular weight excluding hydrogens is 267 g/mol. The zero-order valence-electron chi connectivity index (χ0n) is 13.2. The molecule has 1 amide bonds. The summed E-state index contributed by atoms with van der Waals surface area (Å²) < 4.78 is 13.6. The summed E-state index contributed by atoms with van der Waals surface area (Å²) in [4.78, 5) is 12.5. The fourth-order valence-corrected chi connectivity index (χ4v) is 3.15. The number of rotatable bonds is 4. The van der Waals surface area contributed by atoms with E-state index in [1.165, 1.54) is 0 Å². The lowest BCUT2D eigenvalue weighted by atomic mass is 9.76. The molecule has 4 heteroatoms. The maximum Gasteiger partial charge on any atom is 0.226 e. The van der Waals surface area contributed by atoms with E-state index in [0.717, 1.165) is 37.9 Å². The van der Waals surface area contributed by atoms with Crippen molar-refractivity contribution in [2.75, 3.05) is 13.1 Å². The molecule has 0 unspecified atom stereocenters. The zero-order chi connectivity index (χ0) is 15.5. The summed E-state index contributed by atoms with van der Waals surface area (Å²) in [6.45, 7) is 7.86. The molecule has 0 aromatic heterocycles. The number of hydrogen-bond donors (Lipinski definition) is 2. The van der Waals surface area contributed by atoms with Gasteiger partial charge in [0, 0.05) is 6.54 Å². The quantitative estimate of drug-likeness (QED) is 0.896. The summed E-state index contributed by atoms with van der Waals surface area (Å²) in [5.41, 5.74) is 1.98. The lowest BCUT2D eigenvalue weighted by Crippen LogP contribution is -2.47. The van der Waals surface area contributed by atoms with E-state index in [4.69, 9.17) is 0 Å². The maximum atomic E-state index is 13.6. The summed E-state index contributed by atoms with van der Waals surface area (Å²) in [7, 11) is 0. The summed E-state index contributed by atoms with van der Waals surface area (Å²) in [5, 5.41) is 6.35. The Morgan fingerprint density at radius 2 is 1.86 bits per heavy atom. The molecule has 1 aromatic rings. The molecule has 2 rings (SSSR count). The first-order valence-corrected chi connectivity index (χ1v) is 7.73. The van der Waals surface area contributed by atoms with Gasteiger partial charge in [0.05, 0.1) is 5.41 Å². The van der Waals surface area contributed by atoms with Crippen molar-refractivity contribution < 1.29 is 9.18 Å². The summed E-state index contributed by atoms with van der Waals surface area (Å²) in [5.74, 6) is -0.0282. The molecule has 1 heterocycles. The van der Waals surface area contributed by atoms with Gasteiger partial charge in [0.25, 0.3) is 0 Å². The van der Waals surface area contributed by atoms with Crippen LogP contribution in [0.4, 0.5) is 4.39 Å². The van der Waals surface area contributed by atoms with E-state index in [2.05, 4.69) is 17.6 Å². The molecule has 2 N–H and O–H groups in total. The van der Waals surface area contributed by atoms with Crippen LogP contribution in [-0.4, -0.2) is 19.0 Å². The Morgan fingerprint density at radius 1 is 1.29 bits per heavy atom. The van der Waals surface area contributed by atoms with Crippen LogP contribution in [0.15, 0.2) is 12.1 Å². The number of benzene rings is 1. The third-order valence-electron chi connectivity index (χ3n) is 4.67. The van der Waals surface area contributed by atoms with Crippen molar-refractivity contribution in [3.8, 4) is 0 Å². The fraction of sp³-hybridized carbons (Fsp3) is 0.588. The third kappa shape index (κ3) is 3.43. The van der Waals surface area contributed by atoms with Crippen molar-refractivity contribution in [3.63, 3.8) is 0 Å². The van der Waals surface area contributed by atoms with Gasteiger partial charge in [-0.2, -0.15) is 0 Å². The Hall–Kier alpha value is -1.42. The number of carbonyl (C=O) groups is 1. The number of carbonyl (C=O) groups excluding carboxylic acids is 1. The van der Waals surface area contributed by atoms with Crippen molar-refractivity contribution in [1.82, 2.24) is 10.6 Å². The minimum absolute atomic E-state index is 0.131. The smallest absolute Gasteiger partial charge is 0.226 e. The van der Waals surface area contributed by atoms with E-state index in [9.17, 15) is 9.18 Å². The second-order valence-corrected chi connectivity index (χ2v) is 6.11. The Kier molecular flexibility index (Phi) is 4.99. The van der Waals surface area contributed by atoms with Crippen LogP contribution in [0.2, 0.25) is 0 Å². The highest BCUT2D eigenvalue weighted by Gasteiger charge is 2.37. The molecular formula is C17H25FN2O. The summed E-state index contributed by atoms with van der Waals surface area (Å²) in [6.07, 6.45) is 2.63. The molecule has 0 radical (unpaired) electrons. The molecule has 0 atom stereocenters. The fourth-order valence-electron chi connectivity index (χ4n) is 3.15. The minimum atomic E-state index is -0.241. The normalized spacial score (nSPS) is 17.5. The molecule has 116 valence electrons. The van der Waals surface area contributed by atoms with E-state index in [0.29, 0.717) is 17.7 Å². The van der Waals surface area contributed by atoms with Crippen LogP contribution < -0.4 is 10.6 Å². The number of amides is 1. The van der Waals surface area contributed by atoms with E-state index in [1.54, 1.807) is 13.8 Å². The number of nitrogens with one attached hydrogen (secondary N) is 2. The van der Waals surface area contributed by atoms with Gasteiger partial charge in [-0.3, -0.25) is 4.79 Å². The van der Waals surface area contributed by atoms with Crippen molar-refractivity contribution in [2.24, 2.45) is 5.41 Å². The lowest BCUT2D eigenvalue weighted by Gasteiger charge is -2.35. The molecule has 0 spiro atoms. The second-order valence-electron chi connectivity index (χ2n) is 6.11. The van der Waals surface area contributed by atoms with Gasteiger partial charge in [-0.05, 0) is 62.9 Å². The minimum Gasteiger partial charge on any atom is -0.352 e. The Balaban J connectivity index is 2.03. The molecule has 3 nitrogen and oxygen atoms in total. The molecule has 0 saturated carbocycles. The topological polar surface area (TPSA) is 41.1 Å². The predicted molar refractivity (Wildman–Crippen MR) is 82.5 cm³/mol. The van der Waals surface area contributed by atoms with E-state index >= 15 is 0 Å². The first kappa shape index (κ1) is 16.0. The van der Waals surface area contributed by atoms with Gasteiger partial charge in [0.15, 0.2) is 0 Å². The highest BCUT2D eigenvalue weighted by molar-refractivity contribution is 5.82. The van der Waals surface area contributed by atoms with Gasteiger partial charge in [0.2, 0.25) is 5.91 Å². The monoisotopic (exact) mass is 292 g/mol. The number of hydrogen-bond acceptors (Lipinski definition) is 2. The Morgan fingerprint density at radius 3 is 2.38 bits per heavy atom. The van der Waals surface area contributed by atoms with Crippen LogP contribution in [0.3, 0.4) is 0 Å². The first-order valence-electron chi connectivity index (χ1n) is 7.73. The first-order chi connectivity index (χ1) is 9.98. The van der Waals surface area contributed by atoms with Crippen molar-refractivity contribution in [2.45, 2.75) is 46.6 Å². The van der Waals surface area contributed by atoms with Crippen LogP contribution in [0.1, 0.15) is 42.9 Å². The number of aryl methyl sites for hydroxylation is 2. The van der Waals surface area contributed by atoms with Crippen LogP contribution in [0.25, 0.3) is 0 Å². The largest absolute Gasteiger partial charge is 0.352 e. The van der Waals surface area contributed by atoms with E-state index in [1.807, 2.05) is 12.1 Å². The van der Waals surface area contributed by atoms with Crippen molar-refractivity contribution >= 4 is 5.91 Å². The third-order valence-corrected chi connectivity index (χ3v) is 4.67. The van der Waals surface area contributed by atoms with Crippen LogP contribution in [0, 0.1) is 25.1 Å². The van der Waals surface area contributed by atoms with Crippen molar-refractivity contribution in [1.29, 1.82) is 0 Å². The van der Waals surface area contributed by atoms with E-state index in [-0.39, 0.29) is 17.1 Å². The molecule has 1 aliphatic rings. The zero-order valence-corrected chi connectivity index (χ0v) is 13.2. The SMILES string of the molecule is CCC1(C(=O)NCc2cc(C)c(F)c(C)c2)CCNCC1. The van der Waals surface area contributed by atoms with Crippen molar-refractivity contribution in [3.05, 3.63) is 34.6 Å². The highest BCUT2D eigenvalue weighted by Crippen LogP contribution is 2.32.